The third-order valence-electron chi connectivity index (χ3n) is 5.29. The predicted molar refractivity (Wildman–Crippen MR) is 124 cm³/mol. The van der Waals surface area contributed by atoms with Crippen LogP contribution in [0.3, 0.4) is 0 Å². The van der Waals surface area contributed by atoms with E-state index in [0.717, 1.165) is 15.1 Å². The Morgan fingerprint density at radius 2 is 1.58 bits per heavy atom. The van der Waals surface area contributed by atoms with Crippen LogP contribution in [0.2, 0.25) is 5.02 Å². The van der Waals surface area contributed by atoms with Crippen molar-refractivity contribution < 1.29 is 13.2 Å². The summed E-state index contributed by atoms with van der Waals surface area (Å²) in [5, 5.41) is 5.35. The van der Waals surface area contributed by atoms with Crippen LogP contribution in [0.4, 0.5) is 11.4 Å². The van der Waals surface area contributed by atoms with Gasteiger partial charge in [-0.15, -0.1) is 0 Å². The second-order valence-corrected chi connectivity index (χ2v) is 9.55. The first-order chi connectivity index (χ1) is 14.9. The molecule has 5 rings (SSSR count). The van der Waals surface area contributed by atoms with Gasteiger partial charge < -0.3 is 5.32 Å². The molecular weight excluding hydrogens is 432 g/mol. The van der Waals surface area contributed by atoms with Crippen molar-refractivity contribution >= 4 is 49.7 Å². The van der Waals surface area contributed by atoms with Crippen molar-refractivity contribution in [3.63, 3.8) is 0 Å². The normalized spacial score (nSPS) is 14.0. The van der Waals surface area contributed by atoms with Gasteiger partial charge in [-0.2, -0.15) is 0 Å². The summed E-state index contributed by atoms with van der Waals surface area (Å²) in [4.78, 5) is 13.0. The summed E-state index contributed by atoms with van der Waals surface area (Å²) in [5.41, 5.74) is 2.29. The molecule has 0 unspecified atom stereocenters. The van der Waals surface area contributed by atoms with Gasteiger partial charge in [0.15, 0.2) is 0 Å². The van der Waals surface area contributed by atoms with E-state index in [2.05, 4.69) is 5.32 Å². The van der Waals surface area contributed by atoms with Gasteiger partial charge in [0, 0.05) is 21.8 Å². The van der Waals surface area contributed by atoms with Gasteiger partial charge >= 0.3 is 0 Å². The average Bonchev–Trinajstić information content (AvgIpc) is 2.77. The Morgan fingerprint density at radius 3 is 2.42 bits per heavy atom. The zero-order chi connectivity index (χ0) is 21.6. The van der Waals surface area contributed by atoms with Gasteiger partial charge in [-0.05, 0) is 47.2 Å². The van der Waals surface area contributed by atoms with E-state index in [4.69, 9.17) is 11.6 Å². The molecule has 5 nitrogen and oxygen atoms in total. The molecule has 0 saturated heterocycles. The van der Waals surface area contributed by atoms with Gasteiger partial charge in [-0.25, -0.2) is 8.42 Å². The Labute approximate surface area is 184 Å². The minimum Gasteiger partial charge on any atom is -0.324 e. The van der Waals surface area contributed by atoms with E-state index in [1.807, 2.05) is 36.4 Å². The van der Waals surface area contributed by atoms with Crippen molar-refractivity contribution in [2.45, 2.75) is 4.90 Å². The highest BCUT2D eigenvalue weighted by Gasteiger charge is 2.35. The van der Waals surface area contributed by atoms with Gasteiger partial charge in [-0.1, -0.05) is 60.1 Å². The molecule has 0 atom stereocenters. The second-order valence-electron chi connectivity index (χ2n) is 7.28. The number of hydrogen-bond donors (Lipinski definition) is 1. The Balaban J connectivity index is 1.50. The van der Waals surface area contributed by atoms with E-state index in [9.17, 15) is 13.2 Å². The Kier molecular flexibility index (Phi) is 4.68. The highest BCUT2D eigenvalue weighted by molar-refractivity contribution is 7.93. The smallest absolute Gasteiger partial charge is 0.265 e. The number of fused-ring (bicyclic) bond motifs is 4. The van der Waals surface area contributed by atoms with Gasteiger partial charge in [-0.3, -0.25) is 9.10 Å². The minimum atomic E-state index is -3.90. The first-order valence-corrected chi connectivity index (χ1v) is 11.5. The molecule has 1 aliphatic rings. The highest BCUT2D eigenvalue weighted by atomic mass is 35.5. The molecule has 154 valence electrons. The molecule has 1 aliphatic heterocycles. The maximum Gasteiger partial charge on any atom is 0.265 e. The first-order valence-electron chi connectivity index (χ1n) is 9.64. The lowest BCUT2D eigenvalue weighted by atomic mass is 10.0. The highest BCUT2D eigenvalue weighted by Crippen LogP contribution is 2.43. The van der Waals surface area contributed by atoms with Crippen molar-refractivity contribution in [1.82, 2.24) is 0 Å². The third-order valence-corrected chi connectivity index (χ3v) is 7.35. The molecule has 4 aromatic rings. The van der Waals surface area contributed by atoms with E-state index >= 15 is 0 Å². The summed E-state index contributed by atoms with van der Waals surface area (Å²) in [5.74, 6) is -0.431. The van der Waals surface area contributed by atoms with Gasteiger partial charge in [0.05, 0.1) is 10.6 Å². The number of carbonyl (C=O) groups excluding carboxylic acids is 1. The summed E-state index contributed by atoms with van der Waals surface area (Å²) in [6.07, 6.45) is 0. The lowest BCUT2D eigenvalue weighted by molar-refractivity contribution is -0.114. The number of halogens is 1. The third kappa shape index (κ3) is 3.44. The van der Waals surface area contributed by atoms with Crippen molar-refractivity contribution in [1.29, 1.82) is 0 Å². The average molecular weight is 449 g/mol. The Morgan fingerprint density at radius 1 is 0.839 bits per heavy atom. The van der Waals surface area contributed by atoms with Gasteiger partial charge in [0.2, 0.25) is 5.91 Å². The molecule has 7 heteroatoms. The number of sulfonamides is 1. The van der Waals surface area contributed by atoms with Crippen molar-refractivity contribution in [3.05, 3.63) is 90.0 Å². The van der Waals surface area contributed by atoms with Crippen molar-refractivity contribution in [3.8, 4) is 11.1 Å². The fourth-order valence-corrected chi connectivity index (χ4v) is 5.69. The zero-order valence-electron chi connectivity index (χ0n) is 16.2. The standard InChI is InChI=1S/C24H17ClN2O3S/c25-18-10-12-22-21(14-18)20-7-3-4-8-23(20)31(29,30)27(22)15-24(28)26-19-11-9-16-5-1-2-6-17(16)13-19/h1-14H,15H2,(H,26,28). The number of rotatable bonds is 3. The molecule has 0 radical (unpaired) electrons. The molecule has 0 saturated carbocycles. The van der Waals surface area contributed by atoms with Crippen LogP contribution in [0, 0.1) is 0 Å². The maximum absolute atomic E-state index is 13.3. The van der Waals surface area contributed by atoms with Crippen molar-refractivity contribution in [2.75, 3.05) is 16.2 Å². The topological polar surface area (TPSA) is 66.5 Å². The predicted octanol–water partition coefficient (Wildman–Crippen LogP) is 5.31. The van der Waals surface area contributed by atoms with Crippen LogP contribution < -0.4 is 9.62 Å². The zero-order valence-corrected chi connectivity index (χ0v) is 17.8. The molecule has 0 fully saturated rings. The maximum atomic E-state index is 13.3. The van der Waals surface area contributed by atoms with Crippen LogP contribution in [0.5, 0.6) is 0 Å². The number of amides is 1. The Bertz CT molecular complexity index is 1450. The van der Waals surface area contributed by atoms with E-state index in [1.165, 1.54) is 0 Å². The number of carbonyl (C=O) groups is 1. The van der Waals surface area contributed by atoms with Crippen LogP contribution in [-0.4, -0.2) is 20.9 Å². The summed E-state index contributed by atoms with van der Waals surface area (Å²) < 4.78 is 27.8. The van der Waals surface area contributed by atoms with Crippen LogP contribution in [0.25, 0.3) is 21.9 Å². The van der Waals surface area contributed by atoms with Gasteiger partial charge in [0.1, 0.15) is 6.54 Å². The first kappa shape index (κ1) is 19.6. The summed E-state index contributed by atoms with van der Waals surface area (Å²) in [6.45, 7) is -0.349. The second kappa shape index (κ2) is 7.41. The summed E-state index contributed by atoms with van der Waals surface area (Å²) in [6, 6.07) is 25.1. The van der Waals surface area contributed by atoms with E-state index in [1.54, 1.807) is 48.5 Å². The number of hydrogen-bond acceptors (Lipinski definition) is 3. The number of nitrogens with one attached hydrogen (secondary N) is 1. The molecule has 0 bridgehead atoms. The molecule has 0 aliphatic carbocycles. The molecule has 1 heterocycles. The molecule has 1 N–H and O–H groups in total. The lowest BCUT2D eigenvalue weighted by Crippen LogP contribution is -2.40. The van der Waals surface area contributed by atoms with Crippen LogP contribution in [0.15, 0.2) is 89.8 Å². The van der Waals surface area contributed by atoms with Crippen LogP contribution in [-0.2, 0) is 14.8 Å². The number of nitrogens with zero attached hydrogens (tertiary/aromatic N) is 1. The van der Waals surface area contributed by atoms with Crippen LogP contribution in [0.1, 0.15) is 0 Å². The van der Waals surface area contributed by atoms with E-state index < -0.39 is 15.9 Å². The molecule has 1 amide bonds. The summed E-state index contributed by atoms with van der Waals surface area (Å²) >= 11 is 6.18. The number of anilines is 2. The monoisotopic (exact) mass is 448 g/mol. The SMILES string of the molecule is O=C(CN1c2ccc(Cl)cc2-c2ccccc2S1(=O)=O)Nc1ccc2ccccc2c1. The Hall–Kier alpha value is -3.35. The molecule has 4 aromatic carbocycles. The van der Waals surface area contributed by atoms with Crippen molar-refractivity contribution in [2.24, 2.45) is 0 Å². The van der Waals surface area contributed by atoms with Gasteiger partial charge in [0.25, 0.3) is 10.0 Å². The molecule has 0 spiro atoms. The molecule has 31 heavy (non-hydrogen) atoms. The minimum absolute atomic E-state index is 0.156. The largest absolute Gasteiger partial charge is 0.324 e. The number of benzene rings is 4. The lowest BCUT2D eigenvalue weighted by Gasteiger charge is -2.31. The van der Waals surface area contributed by atoms with Crippen LogP contribution >= 0.6 is 11.6 Å². The molecular formula is C24H17ClN2O3S. The molecule has 0 aromatic heterocycles. The fourth-order valence-electron chi connectivity index (χ4n) is 3.87. The van der Waals surface area contributed by atoms with E-state index in [0.29, 0.717) is 27.5 Å². The van der Waals surface area contributed by atoms with E-state index in [-0.39, 0.29) is 11.4 Å². The fraction of sp³-hybridized carbons (Fsp3) is 0.0417. The summed E-state index contributed by atoms with van der Waals surface area (Å²) in [7, 11) is -3.90. The quantitative estimate of drug-likeness (QED) is 0.462.